The highest BCUT2D eigenvalue weighted by Gasteiger charge is 2.23. The lowest BCUT2D eigenvalue weighted by atomic mass is 10.2. The summed E-state index contributed by atoms with van der Waals surface area (Å²) in [5.41, 5.74) is 1.58. The predicted molar refractivity (Wildman–Crippen MR) is 65.6 cm³/mol. The van der Waals surface area contributed by atoms with E-state index in [-0.39, 0.29) is 5.16 Å². The predicted octanol–water partition coefficient (Wildman–Crippen LogP) is 0.706. The minimum atomic E-state index is -3.90. The summed E-state index contributed by atoms with van der Waals surface area (Å²) in [5, 5.41) is 11.5. The van der Waals surface area contributed by atoms with E-state index in [2.05, 4.69) is 15.3 Å². The number of halogens is 1. The Balaban J connectivity index is 2.62. The molecule has 7 nitrogen and oxygen atoms in total. The zero-order valence-corrected chi connectivity index (χ0v) is 11.7. The lowest BCUT2D eigenvalue weighted by molar-refractivity contribution is 0.593. The van der Waals surface area contributed by atoms with Crippen LogP contribution < -0.4 is 0 Å². The van der Waals surface area contributed by atoms with Crippen molar-refractivity contribution in [2.75, 3.05) is 0 Å². The molecule has 0 amide bonds. The number of rotatable bonds is 3. The molecule has 2 heterocycles. The normalized spacial score (nSPS) is 12.0. The minimum absolute atomic E-state index is 0.273. The number of hydrogen-bond donors (Lipinski definition) is 0. The molecule has 0 spiro atoms. The molecule has 0 unspecified atom stereocenters. The van der Waals surface area contributed by atoms with E-state index in [1.54, 1.807) is 25.0 Å². The molecule has 9 heteroatoms. The van der Waals surface area contributed by atoms with Gasteiger partial charge in [-0.05, 0) is 6.42 Å². The molecule has 0 aliphatic heterocycles. The molecule has 2 aromatic heterocycles. The SMILES string of the molecule is CCc1nn(C)cc1-c1nnc(S(=O)(=O)Cl)n1C. The van der Waals surface area contributed by atoms with Gasteiger partial charge in [0.25, 0.3) is 14.2 Å². The quantitative estimate of drug-likeness (QED) is 0.777. The van der Waals surface area contributed by atoms with Gasteiger partial charge in [-0.25, -0.2) is 8.42 Å². The molecule has 0 N–H and O–H groups in total. The molecule has 0 bridgehead atoms. The second-order valence-corrected chi connectivity index (χ2v) is 6.28. The summed E-state index contributed by atoms with van der Waals surface area (Å²) in [7, 11) is 4.72. The Morgan fingerprint density at radius 1 is 1.33 bits per heavy atom. The van der Waals surface area contributed by atoms with E-state index in [9.17, 15) is 8.42 Å². The zero-order chi connectivity index (χ0) is 13.5. The standard InChI is InChI=1S/C9H12ClN5O2S/c1-4-7-6(5-14(2)13-7)8-11-12-9(15(8)3)18(10,16)17/h5H,4H2,1-3H3. The molecule has 18 heavy (non-hydrogen) atoms. The number of aromatic nitrogens is 5. The third-order valence-electron chi connectivity index (χ3n) is 2.53. The van der Waals surface area contributed by atoms with Crippen molar-refractivity contribution in [2.24, 2.45) is 14.1 Å². The Bertz CT molecular complexity index is 688. The molecular weight excluding hydrogens is 278 g/mol. The number of hydrogen-bond acceptors (Lipinski definition) is 5. The van der Waals surface area contributed by atoms with Crippen molar-refractivity contribution < 1.29 is 8.42 Å². The highest BCUT2D eigenvalue weighted by molar-refractivity contribution is 8.13. The second-order valence-electron chi connectivity index (χ2n) is 3.82. The summed E-state index contributed by atoms with van der Waals surface area (Å²) in [5.74, 6) is 0.430. The van der Waals surface area contributed by atoms with Crippen LogP contribution in [0.1, 0.15) is 12.6 Å². The van der Waals surface area contributed by atoms with Gasteiger partial charge in [0, 0.05) is 31.0 Å². The Kier molecular flexibility index (Phi) is 3.16. The lowest BCUT2D eigenvalue weighted by Crippen LogP contribution is -2.03. The van der Waals surface area contributed by atoms with Gasteiger partial charge in [-0.1, -0.05) is 6.92 Å². The van der Waals surface area contributed by atoms with Gasteiger partial charge in [0.15, 0.2) is 5.82 Å². The highest BCUT2D eigenvalue weighted by Crippen LogP contribution is 2.23. The topological polar surface area (TPSA) is 82.7 Å². The van der Waals surface area contributed by atoms with Gasteiger partial charge in [0.05, 0.1) is 11.3 Å². The van der Waals surface area contributed by atoms with Crippen molar-refractivity contribution in [1.29, 1.82) is 0 Å². The maximum Gasteiger partial charge on any atom is 0.296 e. The van der Waals surface area contributed by atoms with Crippen LogP contribution in [0.25, 0.3) is 11.4 Å². The van der Waals surface area contributed by atoms with Gasteiger partial charge in [-0.2, -0.15) is 5.10 Å². The van der Waals surface area contributed by atoms with E-state index >= 15 is 0 Å². The summed E-state index contributed by atoms with van der Waals surface area (Å²) in [6, 6.07) is 0. The van der Waals surface area contributed by atoms with E-state index in [1.807, 2.05) is 6.92 Å². The maximum atomic E-state index is 11.3. The highest BCUT2D eigenvalue weighted by atomic mass is 35.7. The molecule has 2 rings (SSSR count). The second kappa shape index (κ2) is 4.36. The smallest absolute Gasteiger partial charge is 0.296 e. The van der Waals surface area contributed by atoms with Crippen molar-refractivity contribution in [3.63, 3.8) is 0 Å². The van der Waals surface area contributed by atoms with Crippen molar-refractivity contribution in [2.45, 2.75) is 18.5 Å². The Hall–Kier alpha value is -1.41. The van der Waals surface area contributed by atoms with Crippen molar-refractivity contribution in [1.82, 2.24) is 24.5 Å². The summed E-state index contributed by atoms with van der Waals surface area (Å²) >= 11 is 0. The van der Waals surface area contributed by atoms with Gasteiger partial charge >= 0.3 is 0 Å². The maximum absolute atomic E-state index is 11.3. The number of aryl methyl sites for hydroxylation is 2. The van der Waals surface area contributed by atoms with Crippen molar-refractivity contribution >= 4 is 19.7 Å². The van der Waals surface area contributed by atoms with Gasteiger partial charge in [-0.3, -0.25) is 9.25 Å². The van der Waals surface area contributed by atoms with E-state index in [0.717, 1.165) is 11.3 Å². The Labute approximate surface area is 109 Å². The van der Waals surface area contributed by atoms with Crippen LogP contribution in [-0.4, -0.2) is 33.0 Å². The molecule has 0 aliphatic carbocycles. The first-order chi connectivity index (χ1) is 8.34. The Morgan fingerprint density at radius 3 is 2.50 bits per heavy atom. The first-order valence-corrected chi connectivity index (χ1v) is 7.52. The van der Waals surface area contributed by atoms with Crippen LogP contribution in [0.4, 0.5) is 0 Å². The molecule has 0 aliphatic rings. The molecule has 0 fully saturated rings. The first-order valence-electron chi connectivity index (χ1n) is 5.21. The van der Waals surface area contributed by atoms with Crippen LogP contribution in [0.5, 0.6) is 0 Å². The van der Waals surface area contributed by atoms with Crippen LogP contribution in [0.3, 0.4) is 0 Å². The fourth-order valence-corrected chi connectivity index (χ4v) is 2.70. The van der Waals surface area contributed by atoms with Gasteiger partial charge < -0.3 is 0 Å². The molecule has 0 saturated carbocycles. The third-order valence-corrected chi connectivity index (χ3v) is 3.74. The third kappa shape index (κ3) is 2.13. The molecule has 0 radical (unpaired) electrons. The molecular formula is C9H12ClN5O2S. The van der Waals surface area contributed by atoms with Crippen molar-refractivity contribution in [3.8, 4) is 11.4 Å². The lowest BCUT2D eigenvalue weighted by Gasteiger charge is -2.00. The van der Waals surface area contributed by atoms with E-state index in [1.165, 1.54) is 4.57 Å². The minimum Gasteiger partial charge on any atom is -0.300 e. The molecule has 0 atom stereocenters. The van der Waals surface area contributed by atoms with Crippen molar-refractivity contribution in [3.05, 3.63) is 11.9 Å². The molecule has 98 valence electrons. The monoisotopic (exact) mass is 289 g/mol. The molecule has 0 saturated heterocycles. The largest absolute Gasteiger partial charge is 0.300 e. The van der Waals surface area contributed by atoms with Crippen LogP contribution in [0.2, 0.25) is 0 Å². The van der Waals surface area contributed by atoms with Gasteiger partial charge in [-0.15, -0.1) is 10.2 Å². The van der Waals surface area contributed by atoms with Gasteiger partial charge in [0.2, 0.25) is 0 Å². The fourth-order valence-electron chi connectivity index (χ4n) is 1.74. The zero-order valence-electron chi connectivity index (χ0n) is 10.1. The molecule has 0 aromatic carbocycles. The van der Waals surface area contributed by atoms with Gasteiger partial charge in [0.1, 0.15) is 0 Å². The molecule has 2 aromatic rings. The summed E-state index contributed by atoms with van der Waals surface area (Å²) in [6.45, 7) is 1.96. The van der Waals surface area contributed by atoms with E-state index in [0.29, 0.717) is 12.2 Å². The fraction of sp³-hybridized carbons (Fsp3) is 0.444. The van der Waals surface area contributed by atoms with Crippen LogP contribution in [-0.2, 0) is 29.6 Å². The van der Waals surface area contributed by atoms with Crippen LogP contribution in [0.15, 0.2) is 11.4 Å². The average molecular weight is 290 g/mol. The van der Waals surface area contributed by atoms with Crippen LogP contribution in [0, 0.1) is 0 Å². The Morgan fingerprint density at radius 2 is 2.00 bits per heavy atom. The summed E-state index contributed by atoms with van der Waals surface area (Å²) in [4.78, 5) is 0. The van der Waals surface area contributed by atoms with E-state index < -0.39 is 9.05 Å². The summed E-state index contributed by atoms with van der Waals surface area (Å²) < 4.78 is 25.6. The van der Waals surface area contributed by atoms with E-state index in [4.69, 9.17) is 10.7 Å². The average Bonchev–Trinajstić information content (AvgIpc) is 2.80. The summed E-state index contributed by atoms with van der Waals surface area (Å²) in [6.07, 6.45) is 2.49. The first kappa shape index (κ1) is 13.0. The van der Waals surface area contributed by atoms with Crippen LogP contribution >= 0.6 is 10.7 Å². The number of nitrogens with zero attached hydrogens (tertiary/aromatic N) is 5.